The minimum Gasteiger partial charge on any atom is -0.443 e. The van der Waals surface area contributed by atoms with E-state index in [-0.39, 0.29) is 18.0 Å². The second kappa shape index (κ2) is 10.9. The predicted molar refractivity (Wildman–Crippen MR) is 116 cm³/mol. The molecule has 6 heteroatoms. The molecule has 0 bridgehead atoms. The lowest BCUT2D eigenvalue weighted by atomic mass is 9.79. The van der Waals surface area contributed by atoms with Gasteiger partial charge in [-0.15, -0.1) is 0 Å². The SMILES string of the molecule is CCC(C)(C)OC(=O)N1CCC(O)CC1.O=C(c1ccccc1)C1(O)CCCCC1. The minimum atomic E-state index is -1.10. The smallest absolute Gasteiger partial charge is 0.410 e. The van der Waals surface area contributed by atoms with Crippen LogP contribution >= 0.6 is 0 Å². The highest BCUT2D eigenvalue weighted by Gasteiger charge is 2.37. The van der Waals surface area contributed by atoms with Crippen LogP contribution in [0.3, 0.4) is 0 Å². The van der Waals surface area contributed by atoms with Crippen LogP contribution in [-0.4, -0.2) is 57.4 Å². The Bertz CT molecular complexity index is 674. The molecule has 1 amide bonds. The Labute approximate surface area is 180 Å². The minimum absolute atomic E-state index is 0.109. The van der Waals surface area contributed by atoms with Gasteiger partial charge in [-0.2, -0.15) is 0 Å². The van der Waals surface area contributed by atoms with E-state index in [0.717, 1.165) is 25.7 Å². The molecule has 30 heavy (non-hydrogen) atoms. The zero-order valence-electron chi connectivity index (χ0n) is 18.6. The number of hydrogen-bond donors (Lipinski definition) is 2. The summed E-state index contributed by atoms with van der Waals surface area (Å²) in [7, 11) is 0. The normalized spacial score (nSPS) is 19.4. The number of Topliss-reactive ketones (excluding diaryl/α,β-unsaturated/α-hetero) is 1. The van der Waals surface area contributed by atoms with Crippen LogP contribution in [0, 0.1) is 0 Å². The summed E-state index contributed by atoms with van der Waals surface area (Å²) in [5.74, 6) is -0.109. The molecule has 0 spiro atoms. The molecule has 3 rings (SSSR count). The van der Waals surface area contributed by atoms with E-state index in [1.165, 1.54) is 0 Å². The number of amides is 1. The first kappa shape index (κ1) is 24.4. The zero-order valence-corrected chi connectivity index (χ0v) is 18.6. The fourth-order valence-corrected chi connectivity index (χ4v) is 3.64. The third-order valence-electron chi connectivity index (χ3n) is 6.08. The molecule has 0 atom stereocenters. The summed E-state index contributed by atoms with van der Waals surface area (Å²) in [6, 6.07) is 9.09. The number of carbonyl (C=O) groups is 2. The van der Waals surface area contributed by atoms with Crippen LogP contribution in [0.1, 0.15) is 82.5 Å². The number of aliphatic hydroxyl groups excluding tert-OH is 1. The summed E-state index contributed by atoms with van der Waals surface area (Å²) in [6.45, 7) is 7.00. The maximum atomic E-state index is 12.1. The molecule has 6 nitrogen and oxygen atoms in total. The summed E-state index contributed by atoms with van der Waals surface area (Å²) in [5, 5.41) is 19.6. The Morgan fingerprint density at radius 2 is 1.67 bits per heavy atom. The van der Waals surface area contributed by atoms with E-state index in [1.54, 1.807) is 17.0 Å². The van der Waals surface area contributed by atoms with Crippen LogP contribution in [0.25, 0.3) is 0 Å². The second-order valence-electron chi connectivity index (χ2n) is 8.99. The Morgan fingerprint density at radius 3 is 2.20 bits per heavy atom. The number of rotatable bonds is 4. The number of ketones is 1. The van der Waals surface area contributed by atoms with Crippen molar-refractivity contribution in [2.75, 3.05) is 13.1 Å². The highest BCUT2D eigenvalue weighted by atomic mass is 16.6. The first-order valence-corrected chi connectivity index (χ1v) is 11.1. The molecular weight excluding hydrogens is 382 g/mol. The van der Waals surface area contributed by atoms with Crippen LogP contribution in [0.5, 0.6) is 0 Å². The van der Waals surface area contributed by atoms with Crippen LogP contribution in [0.15, 0.2) is 30.3 Å². The third kappa shape index (κ3) is 7.10. The van der Waals surface area contributed by atoms with Gasteiger partial charge in [0, 0.05) is 18.7 Å². The maximum absolute atomic E-state index is 12.1. The standard InChI is InChI=1S/C13H16O2.C11H21NO3/c14-12(11-7-3-1-4-8-11)13(15)9-5-2-6-10-13;1-4-11(2,3)15-10(14)12-7-5-9(13)6-8-12/h1,3-4,7-8,15H,2,5-6,9-10H2;9,13H,4-8H2,1-3H3. The van der Waals surface area contributed by atoms with Crippen molar-refractivity contribution >= 4 is 11.9 Å². The molecular formula is C24H37NO5. The molecule has 1 aliphatic carbocycles. The lowest BCUT2D eigenvalue weighted by Gasteiger charge is -2.32. The Hall–Kier alpha value is -1.92. The molecule has 168 valence electrons. The van der Waals surface area contributed by atoms with E-state index in [4.69, 9.17) is 4.74 Å². The number of benzene rings is 1. The van der Waals surface area contributed by atoms with Gasteiger partial charge in [0.2, 0.25) is 0 Å². The summed E-state index contributed by atoms with van der Waals surface area (Å²) >= 11 is 0. The average molecular weight is 420 g/mol. The maximum Gasteiger partial charge on any atom is 0.410 e. The average Bonchev–Trinajstić information content (AvgIpc) is 2.75. The molecule has 1 saturated carbocycles. The molecule has 2 N–H and O–H groups in total. The van der Waals surface area contributed by atoms with E-state index < -0.39 is 11.2 Å². The summed E-state index contributed by atoms with van der Waals surface area (Å²) in [4.78, 5) is 25.4. The Kier molecular flexibility index (Phi) is 8.86. The molecule has 2 aliphatic rings. The Morgan fingerprint density at radius 1 is 1.10 bits per heavy atom. The number of likely N-dealkylation sites (tertiary alicyclic amines) is 1. The summed E-state index contributed by atoms with van der Waals surface area (Å²) in [5.41, 5.74) is -0.867. The zero-order chi connectivity index (χ0) is 22.2. The van der Waals surface area contributed by atoms with Gasteiger partial charge in [0.1, 0.15) is 11.2 Å². The van der Waals surface area contributed by atoms with Crippen molar-refractivity contribution in [2.24, 2.45) is 0 Å². The van der Waals surface area contributed by atoms with Crippen molar-refractivity contribution in [3.8, 4) is 0 Å². The molecule has 0 radical (unpaired) electrons. The fraction of sp³-hybridized carbons (Fsp3) is 0.667. The molecule has 1 aromatic rings. The monoisotopic (exact) mass is 419 g/mol. The van der Waals surface area contributed by atoms with Crippen molar-refractivity contribution in [1.82, 2.24) is 4.90 Å². The molecule has 1 aromatic carbocycles. The van der Waals surface area contributed by atoms with E-state index in [9.17, 15) is 19.8 Å². The van der Waals surface area contributed by atoms with Crippen molar-refractivity contribution < 1.29 is 24.5 Å². The lowest BCUT2D eigenvalue weighted by molar-refractivity contribution is -0.000755. The second-order valence-corrected chi connectivity index (χ2v) is 8.99. The number of aliphatic hydroxyl groups is 2. The van der Waals surface area contributed by atoms with E-state index in [0.29, 0.717) is 44.3 Å². The molecule has 2 fully saturated rings. The van der Waals surface area contributed by atoms with Gasteiger partial charge < -0.3 is 19.8 Å². The highest BCUT2D eigenvalue weighted by molar-refractivity contribution is 6.02. The molecule has 1 saturated heterocycles. The molecule has 0 aromatic heterocycles. The van der Waals surface area contributed by atoms with Gasteiger partial charge in [-0.05, 0) is 46.0 Å². The van der Waals surface area contributed by atoms with Crippen molar-refractivity contribution in [1.29, 1.82) is 0 Å². The lowest BCUT2D eigenvalue weighted by Crippen LogP contribution is -2.43. The number of nitrogens with zero attached hydrogens (tertiary/aromatic N) is 1. The van der Waals surface area contributed by atoms with Crippen LogP contribution < -0.4 is 0 Å². The van der Waals surface area contributed by atoms with E-state index in [1.807, 2.05) is 39.0 Å². The van der Waals surface area contributed by atoms with E-state index in [2.05, 4.69) is 0 Å². The van der Waals surface area contributed by atoms with Crippen LogP contribution in [0.4, 0.5) is 4.79 Å². The van der Waals surface area contributed by atoms with Crippen molar-refractivity contribution in [3.63, 3.8) is 0 Å². The first-order chi connectivity index (χ1) is 14.2. The van der Waals surface area contributed by atoms with Gasteiger partial charge >= 0.3 is 6.09 Å². The van der Waals surface area contributed by atoms with Crippen molar-refractivity contribution in [2.45, 2.75) is 89.4 Å². The number of hydrogen-bond acceptors (Lipinski definition) is 5. The number of carbonyl (C=O) groups excluding carboxylic acids is 2. The fourth-order valence-electron chi connectivity index (χ4n) is 3.64. The van der Waals surface area contributed by atoms with Gasteiger partial charge in [0.05, 0.1) is 6.10 Å². The van der Waals surface area contributed by atoms with Crippen LogP contribution in [-0.2, 0) is 4.74 Å². The number of piperidine rings is 1. The van der Waals surface area contributed by atoms with E-state index >= 15 is 0 Å². The van der Waals surface area contributed by atoms with Gasteiger partial charge in [-0.25, -0.2) is 4.79 Å². The highest BCUT2D eigenvalue weighted by Crippen LogP contribution is 2.31. The van der Waals surface area contributed by atoms with Gasteiger partial charge in [0.25, 0.3) is 0 Å². The molecule has 1 aliphatic heterocycles. The third-order valence-corrected chi connectivity index (χ3v) is 6.08. The Balaban J connectivity index is 0.000000214. The first-order valence-electron chi connectivity index (χ1n) is 11.1. The van der Waals surface area contributed by atoms with Gasteiger partial charge in [-0.3, -0.25) is 4.79 Å². The quantitative estimate of drug-likeness (QED) is 0.709. The van der Waals surface area contributed by atoms with Crippen LogP contribution in [0.2, 0.25) is 0 Å². The largest absolute Gasteiger partial charge is 0.443 e. The van der Waals surface area contributed by atoms with Gasteiger partial charge in [-0.1, -0.05) is 56.5 Å². The van der Waals surface area contributed by atoms with Crippen molar-refractivity contribution in [3.05, 3.63) is 35.9 Å². The molecule has 1 heterocycles. The summed E-state index contributed by atoms with van der Waals surface area (Å²) < 4.78 is 5.37. The topological polar surface area (TPSA) is 87.1 Å². The predicted octanol–water partition coefficient (Wildman–Crippen LogP) is 4.33. The van der Waals surface area contributed by atoms with Gasteiger partial charge in [0.15, 0.2) is 5.78 Å². The number of ether oxygens (including phenoxy) is 1. The summed E-state index contributed by atoms with van der Waals surface area (Å²) in [6.07, 6.45) is 5.86. The molecule has 0 unspecified atom stereocenters.